The van der Waals surface area contributed by atoms with E-state index in [2.05, 4.69) is 25.4 Å². The number of rotatable bonds is 8. The van der Waals surface area contributed by atoms with E-state index in [4.69, 9.17) is 37.4 Å². The minimum absolute atomic E-state index is 0.234. The van der Waals surface area contributed by atoms with Crippen molar-refractivity contribution in [3.63, 3.8) is 0 Å². The van der Waals surface area contributed by atoms with Gasteiger partial charge in [-0.3, -0.25) is 10.1 Å². The first-order valence-electron chi connectivity index (χ1n) is 11.3. The number of ether oxygens (including phenoxy) is 3. The number of benzene rings is 2. The molecule has 1 fully saturated rings. The minimum atomic E-state index is -1.17. The summed E-state index contributed by atoms with van der Waals surface area (Å²) in [5.74, 6) is -0.505. The van der Waals surface area contributed by atoms with E-state index in [-0.39, 0.29) is 31.1 Å². The average Bonchev–Trinajstić information content (AvgIpc) is 3.53. The highest BCUT2D eigenvalue weighted by atomic mass is 35.5. The first-order valence-corrected chi connectivity index (χ1v) is 12.1. The van der Waals surface area contributed by atoms with Crippen molar-refractivity contribution in [2.24, 2.45) is 0 Å². The van der Waals surface area contributed by atoms with E-state index in [1.165, 1.54) is 13.3 Å². The van der Waals surface area contributed by atoms with Crippen molar-refractivity contribution in [2.75, 3.05) is 18.5 Å². The molecule has 1 saturated heterocycles. The maximum absolute atomic E-state index is 11.3. The van der Waals surface area contributed by atoms with Crippen LogP contribution in [0.5, 0.6) is 5.75 Å². The second-order valence-corrected chi connectivity index (χ2v) is 9.15. The Hall–Kier alpha value is -3.57. The molecular formula is C25H22Cl2N6O4. The third-order valence-corrected chi connectivity index (χ3v) is 6.11. The van der Waals surface area contributed by atoms with Crippen LogP contribution in [0, 0.1) is 0 Å². The van der Waals surface area contributed by atoms with Crippen molar-refractivity contribution < 1.29 is 19.0 Å². The van der Waals surface area contributed by atoms with Crippen molar-refractivity contribution in [1.29, 1.82) is 0 Å². The lowest BCUT2D eigenvalue weighted by molar-refractivity contribution is -0.190. The van der Waals surface area contributed by atoms with Gasteiger partial charge in [-0.15, -0.1) is 0 Å². The zero-order chi connectivity index (χ0) is 25.8. The predicted octanol–water partition coefficient (Wildman–Crippen LogP) is 4.35. The Morgan fingerprint density at radius 2 is 2.05 bits per heavy atom. The van der Waals surface area contributed by atoms with Crippen LogP contribution in [-0.2, 0) is 26.6 Å². The first kappa shape index (κ1) is 25.1. The molecule has 0 radical (unpaired) electrons. The Balaban J connectivity index is 1.26. The highest BCUT2D eigenvalue weighted by molar-refractivity contribution is 6.35. The van der Waals surface area contributed by atoms with Gasteiger partial charge in [0.25, 0.3) is 0 Å². The van der Waals surface area contributed by atoms with Crippen molar-refractivity contribution in [2.45, 2.75) is 25.4 Å². The number of hydrogen-bond donors (Lipinski definition) is 1. The molecular weight excluding hydrogens is 519 g/mol. The number of carbonyl (C=O) groups excluding carboxylic acids is 1. The fourth-order valence-corrected chi connectivity index (χ4v) is 4.48. The molecule has 1 aliphatic heterocycles. The van der Waals surface area contributed by atoms with Gasteiger partial charge in [0.05, 0.1) is 17.3 Å². The Kier molecular flexibility index (Phi) is 7.33. The molecule has 2 unspecified atom stereocenters. The van der Waals surface area contributed by atoms with E-state index in [9.17, 15) is 4.79 Å². The molecule has 12 heteroatoms. The number of carbonyl (C=O) groups is 1. The van der Waals surface area contributed by atoms with Crippen LogP contribution in [0.25, 0.3) is 11.3 Å². The number of amides is 1. The lowest BCUT2D eigenvalue weighted by atomic mass is 10.1. The van der Waals surface area contributed by atoms with Crippen LogP contribution in [0.1, 0.15) is 12.5 Å². The van der Waals surface area contributed by atoms with Gasteiger partial charge in [0, 0.05) is 29.3 Å². The van der Waals surface area contributed by atoms with Gasteiger partial charge in [-0.05, 0) is 42.5 Å². The molecule has 2 aromatic heterocycles. The zero-order valence-corrected chi connectivity index (χ0v) is 21.2. The maximum atomic E-state index is 11.3. The molecule has 0 bridgehead atoms. The highest BCUT2D eigenvalue weighted by Gasteiger charge is 2.45. The molecule has 3 heterocycles. The van der Waals surface area contributed by atoms with E-state index >= 15 is 0 Å². The van der Waals surface area contributed by atoms with Crippen molar-refractivity contribution in [1.82, 2.24) is 24.7 Å². The lowest BCUT2D eigenvalue weighted by Crippen LogP contribution is -2.35. The predicted molar refractivity (Wildman–Crippen MR) is 136 cm³/mol. The van der Waals surface area contributed by atoms with Crippen LogP contribution in [-0.4, -0.2) is 50.0 Å². The van der Waals surface area contributed by atoms with Crippen molar-refractivity contribution in [3.05, 3.63) is 83.0 Å². The molecule has 1 aliphatic rings. The van der Waals surface area contributed by atoms with Gasteiger partial charge in [0.2, 0.25) is 17.6 Å². The monoisotopic (exact) mass is 540 g/mol. The number of halogens is 2. The topological polar surface area (TPSA) is 113 Å². The molecule has 4 aromatic rings. The lowest BCUT2D eigenvalue weighted by Gasteiger charge is -2.29. The molecule has 37 heavy (non-hydrogen) atoms. The molecule has 0 saturated carbocycles. The van der Waals surface area contributed by atoms with Crippen molar-refractivity contribution >= 4 is 35.1 Å². The van der Waals surface area contributed by atoms with Crippen LogP contribution < -0.4 is 10.1 Å². The second-order valence-electron chi connectivity index (χ2n) is 8.30. The molecule has 10 nitrogen and oxygen atoms in total. The van der Waals surface area contributed by atoms with Crippen LogP contribution >= 0.6 is 23.2 Å². The van der Waals surface area contributed by atoms with Crippen LogP contribution in [0.4, 0.5) is 5.95 Å². The summed E-state index contributed by atoms with van der Waals surface area (Å²) in [5.41, 5.74) is 2.17. The van der Waals surface area contributed by atoms with Gasteiger partial charge in [-0.2, -0.15) is 5.10 Å². The number of nitrogens with one attached hydrogen (secondary N) is 1. The number of anilines is 1. The number of nitrogens with zero attached hydrogens (tertiary/aromatic N) is 5. The quantitative estimate of drug-likeness (QED) is 0.351. The molecule has 1 amide bonds. The Labute approximate surface area is 222 Å². The molecule has 0 spiro atoms. The summed E-state index contributed by atoms with van der Waals surface area (Å²) in [7, 11) is 0. The van der Waals surface area contributed by atoms with E-state index < -0.39 is 5.79 Å². The summed E-state index contributed by atoms with van der Waals surface area (Å²) in [6, 6.07) is 14.4. The molecule has 0 aliphatic carbocycles. The molecule has 2 atom stereocenters. The molecule has 190 valence electrons. The fraction of sp³-hybridized carbons (Fsp3) is 0.240. The zero-order valence-electron chi connectivity index (χ0n) is 19.7. The SMILES string of the molecule is CC(=O)Nc1nccc(-c2ccc(OCC3COC(Cn4cncn4)(c4ccc(Cl)cc4Cl)O3)cc2)n1. The van der Waals surface area contributed by atoms with Gasteiger partial charge in [0.1, 0.15) is 37.7 Å². The van der Waals surface area contributed by atoms with E-state index in [0.717, 1.165) is 5.56 Å². The Morgan fingerprint density at radius 1 is 1.22 bits per heavy atom. The largest absolute Gasteiger partial charge is 0.491 e. The van der Waals surface area contributed by atoms with Crippen LogP contribution in [0.3, 0.4) is 0 Å². The Bertz CT molecular complexity index is 1390. The summed E-state index contributed by atoms with van der Waals surface area (Å²) < 4.78 is 20.2. The summed E-state index contributed by atoms with van der Waals surface area (Å²) >= 11 is 12.6. The van der Waals surface area contributed by atoms with Crippen LogP contribution in [0.15, 0.2) is 67.4 Å². The summed E-state index contributed by atoms with van der Waals surface area (Å²) in [6.45, 7) is 2.20. The summed E-state index contributed by atoms with van der Waals surface area (Å²) in [6.07, 6.45) is 4.25. The van der Waals surface area contributed by atoms with E-state index in [1.807, 2.05) is 24.3 Å². The summed E-state index contributed by atoms with van der Waals surface area (Å²) in [4.78, 5) is 23.7. The highest BCUT2D eigenvalue weighted by Crippen LogP contribution is 2.40. The standard InChI is InChI=1S/C25H22Cl2N6O4/c1-16(34)31-24-29-9-8-23(32-24)17-2-5-19(6-3-17)35-11-20-12-36-25(37-20,13-33-15-28-14-30-33)21-7-4-18(26)10-22(21)27/h2-10,14-15,20H,11-13H2,1H3,(H,29,31,32,34). The molecule has 2 aromatic carbocycles. The van der Waals surface area contributed by atoms with Gasteiger partial charge in [0.15, 0.2) is 0 Å². The van der Waals surface area contributed by atoms with E-state index in [1.54, 1.807) is 41.5 Å². The number of hydrogen-bond acceptors (Lipinski definition) is 8. The normalized spacial score (nSPS) is 19.1. The second kappa shape index (κ2) is 10.8. The average molecular weight is 541 g/mol. The van der Waals surface area contributed by atoms with Gasteiger partial charge >= 0.3 is 0 Å². The maximum Gasteiger partial charge on any atom is 0.229 e. The third-order valence-electron chi connectivity index (χ3n) is 5.57. The third kappa shape index (κ3) is 5.89. The smallest absolute Gasteiger partial charge is 0.229 e. The van der Waals surface area contributed by atoms with E-state index in [0.29, 0.717) is 33.7 Å². The molecule has 5 rings (SSSR count). The summed E-state index contributed by atoms with van der Waals surface area (Å²) in [5, 5.41) is 7.71. The minimum Gasteiger partial charge on any atom is -0.491 e. The van der Waals surface area contributed by atoms with Gasteiger partial charge in [-0.1, -0.05) is 29.3 Å². The van der Waals surface area contributed by atoms with Gasteiger partial charge in [-0.25, -0.2) is 19.6 Å². The first-order chi connectivity index (χ1) is 17.9. The molecule has 1 N–H and O–H groups in total. The van der Waals surface area contributed by atoms with Gasteiger partial charge < -0.3 is 14.2 Å². The Morgan fingerprint density at radius 3 is 2.78 bits per heavy atom. The fourth-order valence-electron chi connectivity index (χ4n) is 3.93. The number of aromatic nitrogens is 5. The van der Waals surface area contributed by atoms with Crippen LogP contribution in [0.2, 0.25) is 10.0 Å². The van der Waals surface area contributed by atoms with Crippen molar-refractivity contribution in [3.8, 4) is 17.0 Å².